The normalized spacial score (nSPS) is 28.4. The zero-order valence-electron chi connectivity index (χ0n) is 11.5. The molecule has 1 nitrogen and oxygen atoms in total. The van der Waals surface area contributed by atoms with Gasteiger partial charge in [0.25, 0.3) is 0 Å². The first-order chi connectivity index (χ1) is 8.05. The van der Waals surface area contributed by atoms with Gasteiger partial charge in [-0.1, -0.05) is 26.7 Å². The molecule has 2 heteroatoms. The molecule has 0 amide bonds. The topological polar surface area (TPSA) is 9.23 Å². The Labute approximate surface area is 112 Å². The van der Waals surface area contributed by atoms with Crippen LogP contribution in [-0.4, -0.2) is 18.5 Å². The Morgan fingerprint density at radius 1 is 1.06 bits per heavy atom. The van der Waals surface area contributed by atoms with Gasteiger partial charge in [0.15, 0.2) is 0 Å². The van der Waals surface area contributed by atoms with Gasteiger partial charge < -0.3 is 4.74 Å². The van der Waals surface area contributed by atoms with Crippen LogP contribution in [0.3, 0.4) is 0 Å². The molecular weight excluding hydrogens is 228 g/mol. The van der Waals surface area contributed by atoms with Gasteiger partial charge in [0.1, 0.15) is 0 Å². The van der Waals surface area contributed by atoms with Gasteiger partial charge in [-0.15, -0.1) is 0 Å². The minimum Gasteiger partial charge on any atom is -0.378 e. The van der Waals surface area contributed by atoms with Crippen molar-refractivity contribution in [2.24, 2.45) is 10.8 Å². The predicted molar refractivity (Wildman–Crippen MR) is 76.7 cm³/mol. The van der Waals surface area contributed by atoms with Gasteiger partial charge in [-0.05, 0) is 49.7 Å². The Morgan fingerprint density at radius 2 is 1.65 bits per heavy atom. The van der Waals surface area contributed by atoms with E-state index in [-0.39, 0.29) is 0 Å². The van der Waals surface area contributed by atoms with Crippen molar-refractivity contribution < 1.29 is 4.74 Å². The first-order valence-electron chi connectivity index (χ1n) is 7.28. The maximum Gasteiger partial charge on any atom is 0.0575 e. The third-order valence-corrected chi connectivity index (χ3v) is 5.58. The molecule has 2 rings (SSSR count). The Kier molecular flexibility index (Phi) is 4.46. The highest BCUT2D eigenvalue weighted by molar-refractivity contribution is 7.80. The summed E-state index contributed by atoms with van der Waals surface area (Å²) in [5.74, 6) is 1.01. The fourth-order valence-electron chi connectivity index (χ4n) is 3.31. The van der Waals surface area contributed by atoms with E-state index in [1.807, 2.05) is 0 Å². The maximum absolute atomic E-state index is 6.21. The van der Waals surface area contributed by atoms with Crippen molar-refractivity contribution >= 4 is 12.6 Å². The van der Waals surface area contributed by atoms with Gasteiger partial charge in [-0.25, -0.2) is 0 Å². The largest absolute Gasteiger partial charge is 0.378 e. The Bertz CT molecular complexity index is 233. The lowest BCUT2D eigenvalue weighted by Crippen LogP contribution is -2.32. The SMILES string of the molecule is CC1(C)CCC(OCC2(CS)CCCC2)CC1. The second-order valence-corrected chi connectivity index (χ2v) is 7.36. The van der Waals surface area contributed by atoms with E-state index in [2.05, 4.69) is 26.5 Å². The summed E-state index contributed by atoms with van der Waals surface area (Å²) in [5.41, 5.74) is 0.963. The standard InChI is InChI=1S/C15H28OS/c1-14(2)9-5-13(6-10-14)16-11-15(12-17)7-3-4-8-15/h13,17H,3-12H2,1-2H3. The highest BCUT2D eigenvalue weighted by Gasteiger charge is 2.34. The van der Waals surface area contributed by atoms with E-state index >= 15 is 0 Å². The summed E-state index contributed by atoms with van der Waals surface area (Å²) in [4.78, 5) is 0. The molecule has 0 aromatic carbocycles. The maximum atomic E-state index is 6.21. The second kappa shape index (κ2) is 5.52. The summed E-state index contributed by atoms with van der Waals surface area (Å²) < 4.78 is 6.21. The van der Waals surface area contributed by atoms with Crippen LogP contribution in [0.2, 0.25) is 0 Å². The van der Waals surface area contributed by atoms with Crippen molar-refractivity contribution in [3.63, 3.8) is 0 Å². The molecule has 0 heterocycles. The average Bonchev–Trinajstić information content (AvgIpc) is 2.77. The van der Waals surface area contributed by atoms with Crippen LogP contribution < -0.4 is 0 Å². The van der Waals surface area contributed by atoms with Crippen molar-refractivity contribution in [3.05, 3.63) is 0 Å². The molecule has 0 spiro atoms. The Morgan fingerprint density at radius 3 is 2.18 bits per heavy atom. The van der Waals surface area contributed by atoms with E-state index < -0.39 is 0 Å². The van der Waals surface area contributed by atoms with Crippen LogP contribution in [0.5, 0.6) is 0 Å². The summed E-state index contributed by atoms with van der Waals surface area (Å²) in [5, 5.41) is 0. The Hall–Kier alpha value is 0.310. The van der Waals surface area contributed by atoms with Gasteiger partial charge >= 0.3 is 0 Å². The van der Waals surface area contributed by atoms with Gasteiger partial charge in [0.2, 0.25) is 0 Å². The minimum atomic E-state index is 0.413. The van der Waals surface area contributed by atoms with Crippen LogP contribution in [0.25, 0.3) is 0 Å². The molecule has 17 heavy (non-hydrogen) atoms. The van der Waals surface area contributed by atoms with Crippen LogP contribution in [0.4, 0.5) is 0 Å². The quantitative estimate of drug-likeness (QED) is 0.731. The molecule has 0 aliphatic heterocycles. The van der Waals surface area contributed by atoms with Gasteiger partial charge in [-0.3, -0.25) is 0 Å². The number of ether oxygens (including phenoxy) is 1. The molecule has 0 radical (unpaired) electrons. The van der Waals surface area contributed by atoms with Crippen molar-refractivity contribution in [2.75, 3.05) is 12.4 Å². The highest BCUT2D eigenvalue weighted by Crippen LogP contribution is 2.41. The number of thiol groups is 1. The monoisotopic (exact) mass is 256 g/mol. The zero-order valence-corrected chi connectivity index (χ0v) is 12.4. The van der Waals surface area contributed by atoms with Crippen molar-refractivity contribution in [3.8, 4) is 0 Å². The number of hydrogen-bond donors (Lipinski definition) is 1. The van der Waals surface area contributed by atoms with Crippen molar-refractivity contribution in [1.82, 2.24) is 0 Å². The molecular formula is C15H28OS. The molecule has 2 aliphatic carbocycles. The van der Waals surface area contributed by atoms with E-state index in [1.165, 1.54) is 51.4 Å². The molecule has 0 aromatic heterocycles. The lowest BCUT2D eigenvalue weighted by molar-refractivity contribution is -0.0323. The minimum absolute atomic E-state index is 0.413. The molecule has 2 fully saturated rings. The molecule has 0 N–H and O–H groups in total. The summed E-state index contributed by atoms with van der Waals surface area (Å²) >= 11 is 4.55. The fourth-order valence-corrected chi connectivity index (χ4v) is 3.71. The highest BCUT2D eigenvalue weighted by atomic mass is 32.1. The van der Waals surface area contributed by atoms with Crippen LogP contribution in [-0.2, 0) is 4.74 Å². The first kappa shape index (κ1) is 13.7. The number of rotatable bonds is 4. The summed E-state index contributed by atoms with van der Waals surface area (Å²) in [6, 6.07) is 0. The lowest BCUT2D eigenvalue weighted by Gasteiger charge is -2.36. The van der Waals surface area contributed by atoms with Crippen LogP contribution in [0.15, 0.2) is 0 Å². The summed E-state index contributed by atoms with van der Waals surface area (Å²) in [7, 11) is 0. The Balaban J connectivity index is 1.75. The number of hydrogen-bond acceptors (Lipinski definition) is 2. The molecule has 0 bridgehead atoms. The second-order valence-electron chi connectivity index (χ2n) is 7.04. The van der Waals surface area contributed by atoms with Gasteiger partial charge in [-0.2, -0.15) is 12.6 Å². The molecule has 100 valence electrons. The lowest BCUT2D eigenvalue weighted by atomic mass is 9.76. The van der Waals surface area contributed by atoms with Crippen molar-refractivity contribution in [2.45, 2.75) is 71.3 Å². The fraction of sp³-hybridized carbons (Fsp3) is 1.00. The zero-order chi connectivity index (χ0) is 12.4. The van der Waals surface area contributed by atoms with E-state index in [4.69, 9.17) is 4.74 Å². The van der Waals surface area contributed by atoms with E-state index in [0.717, 1.165) is 12.4 Å². The average molecular weight is 256 g/mol. The third kappa shape index (κ3) is 3.64. The molecule has 0 atom stereocenters. The summed E-state index contributed by atoms with van der Waals surface area (Å²) in [6.45, 7) is 5.73. The van der Waals surface area contributed by atoms with Gasteiger partial charge in [0, 0.05) is 5.41 Å². The molecule has 2 saturated carbocycles. The van der Waals surface area contributed by atoms with Crippen LogP contribution >= 0.6 is 12.6 Å². The van der Waals surface area contributed by atoms with Crippen LogP contribution in [0.1, 0.15) is 65.2 Å². The first-order valence-corrected chi connectivity index (χ1v) is 7.91. The van der Waals surface area contributed by atoms with Crippen LogP contribution in [0, 0.1) is 10.8 Å². The molecule has 2 aliphatic rings. The van der Waals surface area contributed by atoms with Gasteiger partial charge in [0.05, 0.1) is 12.7 Å². The third-order valence-electron chi connectivity index (χ3n) is 4.91. The van der Waals surface area contributed by atoms with Crippen molar-refractivity contribution in [1.29, 1.82) is 0 Å². The predicted octanol–water partition coefficient (Wildman–Crippen LogP) is 4.46. The smallest absolute Gasteiger partial charge is 0.0575 e. The molecule has 0 aromatic rings. The van der Waals surface area contributed by atoms with E-state index in [9.17, 15) is 0 Å². The van der Waals surface area contributed by atoms with E-state index in [0.29, 0.717) is 16.9 Å². The molecule has 0 saturated heterocycles. The molecule has 0 unspecified atom stereocenters. The summed E-state index contributed by atoms with van der Waals surface area (Å²) in [6.07, 6.45) is 11.1. The van der Waals surface area contributed by atoms with E-state index in [1.54, 1.807) is 0 Å².